The van der Waals surface area contributed by atoms with Gasteiger partial charge >= 0.3 is 0 Å². The molecule has 1 aromatic heterocycles. The maximum atomic E-state index is 13.4. The van der Waals surface area contributed by atoms with E-state index in [0.29, 0.717) is 10.7 Å². The van der Waals surface area contributed by atoms with E-state index in [1.54, 1.807) is 6.07 Å². The molecule has 2 rings (SSSR count). The second-order valence-electron chi connectivity index (χ2n) is 3.33. The summed E-state index contributed by atoms with van der Waals surface area (Å²) in [4.78, 5) is 12.2. The van der Waals surface area contributed by atoms with Gasteiger partial charge in [0.1, 0.15) is 5.82 Å². The first-order chi connectivity index (χ1) is 8.16. The Balaban J connectivity index is 2.07. The molecule has 0 spiro atoms. The SMILES string of the molecule is O=C(NCc1ccno1)c1cc(S)ccc1F. The molecule has 0 aliphatic rings. The van der Waals surface area contributed by atoms with E-state index in [1.165, 1.54) is 24.4 Å². The first kappa shape index (κ1) is 11.7. The van der Waals surface area contributed by atoms with E-state index in [0.717, 1.165) is 0 Å². The van der Waals surface area contributed by atoms with Crippen molar-refractivity contribution in [1.29, 1.82) is 0 Å². The Morgan fingerprint density at radius 2 is 2.29 bits per heavy atom. The summed E-state index contributed by atoms with van der Waals surface area (Å²) in [6.45, 7) is 0.162. The molecule has 0 saturated heterocycles. The highest BCUT2D eigenvalue weighted by Crippen LogP contribution is 2.13. The van der Waals surface area contributed by atoms with Gasteiger partial charge in [-0.2, -0.15) is 0 Å². The van der Waals surface area contributed by atoms with E-state index < -0.39 is 11.7 Å². The Morgan fingerprint density at radius 1 is 1.47 bits per heavy atom. The standard InChI is InChI=1S/C11H9FN2O2S/c12-10-2-1-8(17)5-9(10)11(15)13-6-7-3-4-14-16-7/h1-5,17H,6H2,(H,13,15). The zero-order valence-corrected chi connectivity index (χ0v) is 9.58. The van der Waals surface area contributed by atoms with Crippen LogP contribution in [0.4, 0.5) is 4.39 Å². The van der Waals surface area contributed by atoms with Crippen LogP contribution in [0.3, 0.4) is 0 Å². The molecular formula is C11H9FN2O2S. The fourth-order valence-corrected chi connectivity index (χ4v) is 1.49. The van der Waals surface area contributed by atoms with Crippen LogP contribution in [0, 0.1) is 5.82 Å². The Labute approximate surface area is 102 Å². The Bertz CT molecular complexity index is 528. The minimum Gasteiger partial charge on any atom is -0.360 e. The molecule has 0 radical (unpaired) electrons. The summed E-state index contributed by atoms with van der Waals surface area (Å²) < 4.78 is 18.2. The molecule has 1 heterocycles. The van der Waals surface area contributed by atoms with Gasteiger partial charge < -0.3 is 9.84 Å². The number of rotatable bonds is 3. The number of benzene rings is 1. The van der Waals surface area contributed by atoms with Crippen molar-refractivity contribution in [3.8, 4) is 0 Å². The van der Waals surface area contributed by atoms with Crippen LogP contribution in [-0.4, -0.2) is 11.1 Å². The summed E-state index contributed by atoms with van der Waals surface area (Å²) in [5, 5.41) is 6.01. The van der Waals surface area contributed by atoms with Crippen LogP contribution < -0.4 is 5.32 Å². The molecule has 17 heavy (non-hydrogen) atoms. The molecule has 6 heteroatoms. The van der Waals surface area contributed by atoms with Crippen molar-refractivity contribution in [1.82, 2.24) is 10.5 Å². The van der Waals surface area contributed by atoms with Gasteiger partial charge in [0.15, 0.2) is 5.76 Å². The number of hydrogen-bond acceptors (Lipinski definition) is 4. The molecule has 0 saturated carbocycles. The molecule has 1 N–H and O–H groups in total. The summed E-state index contributed by atoms with van der Waals surface area (Å²) in [7, 11) is 0. The second-order valence-corrected chi connectivity index (χ2v) is 3.84. The van der Waals surface area contributed by atoms with Gasteiger partial charge in [-0.05, 0) is 18.2 Å². The van der Waals surface area contributed by atoms with Gasteiger partial charge in [-0.1, -0.05) is 5.16 Å². The van der Waals surface area contributed by atoms with Crippen LogP contribution in [0.2, 0.25) is 0 Å². The van der Waals surface area contributed by atoms with Gasteiger partial charge in [0, 0.05) is 11.0 Å². The van der Waals surface area contributed by atoms with Crippen molar-refractivity contribution in [2.75, 3.05) is 0 Å². The van der Waals surface area contributed by atoms with E-state index in [9.17, 15) is 9.18 Å². The number of halogens is 1. The molecule has 1 amide bonds. The lowest BCUT2D eigenvalue weighted by Crippen LogP contribution is -2.23. The maximum Gasteiger partial charge on any atom is 0.254 e. The average Bonchev–Trinajstić information content (AvgIpc) is 2.82. The number of amides is 1. The zero-order valence-electron chi connectivity index (χ0n) is 8.68. The third-order valence-corrected chi connectivity index (χ3v) is 2.39. The number of carbonyl (C=O) groups excluding carboxylic acids is 1. The average molecular weight is 252 g/mol. The number of carbonyl (C=O) groups is 1. The molecule has 0 atom stereocenters. The lowest BCUT2D eigenvalue weighted by molar-refractivity contribution is 0.0942. The van der Waals surface area contributed by atoms with Crippen molar-refractivity contribution in [2.45, 2.75) is 11.4 Å². The highest BCUT2D eigenvalue weighted by Gasteiger charge is 2.12. The van der Waals surface area contributed by atoms with Crippen molar-refractivity contribution in [2.24, 2.45) is 0 Å². The summed E-state index contributed by atoms with van der Waals surface area (Å²) in [5.41, 5.74) is -0.0444. The summed E-state index contributed by atoms with van der Waals surface area (Å²) in [6.07, 6.45) is 1.47. The third-order valence-electron chi connectivity index (χ3n) is 2.11. The lowest BCUT2D eigenvalue weighted by atomic mass is 10.2. The summed E-state index contributed by atoms with van der Waals surface area (Å²) >= 11 is 4.05. The van der Waals surface area contributed by atoms with Crippen LogP contribution in [0.15, 0.2) is 39.9 Å². The van der Waals surface area contributed by atoms with Crippen molar-refractivity contribution in [3.63, 3.8) is 0 Å². The van der Waals surface area contributed by atoms with Crippen LogP contribution in [0.5, 0.6) is 0 Å². The molecule has 0 aliphatic carbocycles. The number of nitrogens with one attached hydrogen (secondary N) is 1. The zero-order chi connectivity index (χ0) is 12.3. The molecular weight excluding hydrogens is 243 g/mol. The fraction of sp³-hybridized carbons (Fsp3) is 0.0909. The monoisotopic (exact) mass is 252 g/mol. The first-order valence-corrected chi connectivity index (χ1v) is 5.28. The molecule has 4 nitrogen and oxygen atoms in total. The second kappa shape index (κ2) is 5.01. The van der Waals surface area contributed by atoms with E-state index in [4.69, 9.17) is 4.52 Å². The summed E-state index contributed by atoms with van der Waals surface area (Å²) in [6, 6.07) is 5.66. The van der Waals surface area contributed by atoms with Crippen molar-refractivity contribution < 1.29 is 13.7 Å². The minimum absolute atomic E-state index is 0.0444. The Kier molecular flexibility index (Phi) is 3.43. The molecule has 0 fully saturated rings. The Hall–Kier alpha value is -1.82. The number of hydrogen-bond donors (Lipinski definition) is 2. The molecule has 2 aromatic rings. The Morgan fingerprint density at radius 3 is 3.00 bits per heavy atom. The van der Waals surface area contributed by atoms with E-state index in [1.807, 2.05) is 0 Å². The smallest absolute Gasteiger partial charge is 0.254 e. The maximum absolute atomic E-state index is 13.4. The predicted octanol–water partition coefficient (Wildman–Crippen LogP) is 2.03. The normalized spacial score (nSPS) is 10.2. The van der Waals surface area contributed by atoms with Crippen LogP contribution in [0.1, 0.15) is 16.1 Å². The predicted molar refractivity (Wildman–Crippen MR) is 61.3 cm³/mol. The van der Waals surface area contributed by atoms with Crippen molar-refractivity contribution in [3.05, 3.63) is 47.6 Å². The van der Waals surface area contributed by atoms with Crippen molar-refractivity contribution >= 4 is 18.5 Å². The minimum atomic E-state index is -0.585. The van der Waals surface area contributed by atoms with E-state index >= 15 is 0 Å². The summed E-state index contributed by atoms with van der Waals surface area (Å²) in [5.74, 6) is -0.603. The quantitative estimate of drug-likeness (QED) is 0.822. The molecule has 1 aromatic carbocycles. The molecule has 0 bridgehead atoms. The van der Waals surface area contributed by atoms with Crippen LogP contribution in [0.25, 0.3) is 0 Å². The van der Waals surface area contributed by atoms with Gasteiger partial charge in [0.2, 0.25) is 0 Å². The van der Waals surface area contributed by atoms with Gasteiger partial charge in [-0.3, -0.25) is 4.79 Å². The topological polar surface area (TPSA) is 55.1 Å². The highest BCUT2D eigenvalue weighted by molar-refractivity contribution is 7.80. The third kappa shape index (κ3) is 2.85. The molecule has 0 unspecified atom stereocenters. The number of thiol groups is 1. The number of nitrogens with zero attached hydrogens (tertiary/aromatic N) is 1. The van der Waals surface area contributed by atoms with Gasteiger partial charge in [0.05, 0.1) is 18.3 Å². The fourth-order valence-electron chi connectivity index (χ4n) is 1.28. The largest absolute Gasteiger partial charge is 0.360 e. The lowest BCUT2D eigenvalue weighted by Gasteiger charge is -2.04. The van der Waals surface area contributed by atoms with E-state index in [2.05, 4.69) is 23.1 Å². The van der Waals surface area contributed by atoms with Crippen LogP contribution in [-0.2, 0) is 6.54 Å². The van der Waals surface area contributed by atoms with Gasteiger partial charge in [-0.25, -0.2) is 4.39 Å². The molecule has 88 valence electrons. The van der Waals surface area contributed by atoms with Crippen LogP contribution >= 0.6 is 12.6 Å². The van der Waals surface area contributed by atoms with E-state index in [-0.39, 0.29) is 12.1 Å². The van der Waals surface area contributed by atoms with Gasteiger partial charge in [-0.15, -0.1) is 12.6 Å². The van der Waals surface area contributed by atoms with Gasteiger partial charge in [0.25, 0.3) is 5.91 Å². The first-order valence-electron chi connectivity index (χ1n) is 4.83. The molecule has 0 aliphatic heterocycles. The highest BCUT2D eigenvalue weighted by atomic mass is 32.1. The number of aromatic nitrogens is 1.